The van der Waals surface area contributed by atoms with E-state index in [4.69, 9.17) is 0 Å². The van der Waals surface area contributed by atoms with E-state index in [9.17, 15) is 18.0 Å². The number of hydrogen-bond donors (Lipinski definition) is 2. The molecule has 2 heterocycles. The molecular formula is C20H21F3N6O. The highest BCUT2D eigenvalue weighted by Gasteiger charge is 2.29. The van der Waals surface area contributed by atoms with Crippen LogP contribution >= 0.6 is 0 Å². The summed E-state index contributed by atoms with van der Waals surface area (Å²) in [5.41, 5.74) is 1.63. The van der Waals surface area contributed by atoms with Crippen LogP contribution in [-0.2, 0) is 17.4 Å². The van der Waals surface area contributed by atoms with Gasteiger partial charge >= 0.3 is 6.18 Å². The van der Waals surface area contributed by atoms with Gasteiger partial charge in [0.25, 0.3) is 0 Å². The molecule has 0 radical (unpaired) electrons. The monoisotopic (exact) mass is 418 g/mol. The summed E-state index contributed by atoms with van der Waals surface area (Å²) in [6.07, 6.45) is -4.38. The van der Waals surface area contributed by atoms with Gasteiger partial charge in [0.1, 0.15) is 5.82 Å². The maximum Gasteiger partial charge on any atom is 0.416 e. The van der Waals surface area contributed by atoms with Crippen molar-refractivity contribution in [2.75, 3.05) is 18.4 Å². The number of rotatable bonds is 7. The fourth-order valence-corrected chi connectivity index (χ4v) is 2.85. The first-order valence-electron chi connectivity index (χ1n) is 9.26. The third-order valence-corrected chi connectivity index (χ3v) is 4.28. The Morgan fingerprint density at radius 3 is 2.33 bits per heavy atom. The lowest BCUT2D eigenvalue weighted by atomic mass is 10.1. The van der Waals surface area contributed by atoms with Crippen LogP contribution in [0.5, 0.6) is 0 Å². The lowest BCUT2D eigenvalue weighted by Gasteiger charge is -2.09. The molecule has 3 aromatic rings. The fraction of sp³-hybridized carbons (Fsp3) is 0.300. The number of aryl methyl sites for hydroxylation is 2. The summed E-state index contributed by atoms with van der Waals surface area (Å²) < 4.78 is 39.4. The molecule has 7 nitrogen and oxygen atoms in total. The maximum atomic E-state index is 12.6. The molecule has 1 amide bonds. The second-order valence-corrected chi connectivity index (χ2v) is 6.76. The summed E-state index contributed by atoms with van der Waals surface area (Å²) in [7, 11) is 0. The van der Waals surface area contributed by atoms with Gasteiger partial charge in [0.15, 0.2) is 5.82 Å². The molecule has 1 aromatic carbocycles. The standard InChI is InChI=1S/C20H21F3N6O/c1-13-11-14(2)29(28-13)18-8-7-17(26-27-18)24-9-10-25-19(30)12-15-3-5-16(6-4-15)20(21,22)23/h3-8,11H,9-10,12H2,1-2H3,(H,24,26)(H,25,30). The van der Waals surface area contributed by atoms with Crippen molar-refractivity contribution in [1.29, 1.82) is 0 Å². The van der Waals surface area contributed by atoms with Crippen LogP contribution in [0, 0.1) is 13.8 Å². The first kappa shape index (κ1) is 21.3. The lowest BCUT2D eigenvalue weighted by molar-refractivity contribution is -0.137. The largest absolute Gasteiger partial charge is 0.416 e. The van der Waals surface area contributed by atoms with E-state index in [1.54, 1.807) is 16.8 Å². The lowest BCUT2D eigenvalue weighted by Crippen LogP contribution is -2.30. The van der Waals surface area contributed by atoms with E-state index in [1.807, 2.05) is 19.9 Å². The van der Waals surface area contributed by atoms with Gasteiger partial charge in [-0.25, -0.2) is 4.68 Å². The molecule has 2 aromatic heterocycles. The zero-order valence-corrected chi connectivity index (χ0v) is 16.5. The second-order valence-electron chi connectivity index (χ2n) is 6.76. The van der Waals surface area contributed by atoms with Crippen LogP contribution in [0.2, 0.25) is 0 Å². The van der Waals surface area contributed by atoms with Crippen LogP contribution in [0.1, 0.15) is 22.5 Å². The summed E-state index contributed by atoms with van der Waals surface area (Å²) in [6.45, 7) is 4.59. The Morgan fingerprint density at radius 1 is 1.03 bits per heavy atom. The zero-order valence-electron chi connectivity index (χ0n) is 16.5. The number of nitrogens with one attached hydrogen (secondary N) is 2. The summed E-state index contributed by atoms with van der Waals surface area (Å²) in [4.78, 5) is 11.9. The summed E-state index contributed by atoms with van der Waals surface area (Å²) >= 11 is 0. The maximum absolute atomic E-state index is 12.6. The number of aromatic nitrogens is 4. The van der Waals surface area contributed by atoms with Crippen LogP contribution in [0.15, 0.2) is 42.5 Å². The van der Waals surface area contributed by atoms with Crippen LogP contribution in [0.4, 0.5) is 19.0 Å². The minimum absolute atomic E-state index is 0.00920. The molecule has 0 atom stereocenters. The number of amides is 1. The van der Waals surface area contributed by atoms with Crippen LogP contribution in [-0.4, -0.2) is 39.0 Å². The second kappa shape index (κ2) is 8.93. The number of benzene rings is 1. The van der Waals surface area contributed by atoms with E-state index < -0.39 is 11.7 Å². The quantitative estimate of drug-likeness (QED) is 0.576. The molecular weight excluding hydrogens is 397 g/mol. The molecule has 0 spiro atoms. The number of carbonyl (C=O) groups excluding carboxylic acids is 1. The highest BCUT2D eigenvalue weighted by molar-refractivity contribution is 5.78. The average molecular weight is 418 g/mol. The van der Waals surface area contributed by atoms with Gasteiger partial charge in [-0.05, 0) is 49.7 Å². The SMILES string of the molecule is Cc1cc(C)n(-c2ccc(NCCNC(=O)Cc3ccc(C(F)(F)F)cc3)nn2)n1. The highest BCUT2D eigenvalue weighted by atomic mass is 19.4. The predicted octanol–water partition coefficient (Wildman–Crippen LogP) is 3.07. The minimum Gasteiger partial charge on any atom is -0.367 e. The van der Waals surface area contributed by atoms with Crippen molar-refractivity contribution in [2.45, 2.75) is 26.4 Å². The number of nitrogens with zero attached hydrogens (tertiary/aromatic N) is 4. The highest BCUT2D eigenvalue weighted by Crippen LogP contribution is 2.29. The van der Waals surface area contributed by atoms with Gasteiger partial charge < -0.3 is 10.6 Å². The number of hydrogen-bond acceptors (Lipinski definition) is 5. The Morgan fingerprint density at radius 2 is 1.77 bits per heavy atom. The Kier molecular flexibility index (Phi) is 6.34. The van der Waals surface area contributed by atoms with Crippen molar-refractivity contribution in [2.24, 2.45) is 0 Å². The molecule has 0 fully saturated rings. The van der Waals surface area contributed by atoms with Gasteiger partial charge in [0.2, 0.25) is 5.91 Å². The van der Waals surface area contributed by atoms with E-state index in [1.165, 1.54) is 12.1 Å². The van der Waals surface area contributed by atoms with Crippen LogP contribution < -0.4 is 10.6 Å². The average Bonchev–Trinajstić information content (AvgIpc) is 3.03. The van der Waals surface area contributed by atoms with Crippen LogP contribution in [0.25, 0.3) is 5.82 Å². The Bertz CT molecular complexity index is 997. The number of carbonyl (C=O) groups is 1. The Labute approximate surface area is 171 Å². The van der Waals surface area contributed by atoms with E-state index in [2.05, 4.69) is 25.9 Å². The fourth-order valence-electron chi connectivity index (χ4n) is 2.85. The van der Waals surface area contributed by atoms with Gasteiger partial charge in [0, 0.05) is 18.8 Å². The normalized spacial score (nSPS) is 11.4. The van der Waals surface area contributed by atoms with Gasteiger partial charge in [-0.3, -0.25) is 4.79 Å². The Balaban J connectivity index is 1.42. The van der Waals surface area contributed by atoms with Crippen molar-refractivity contribution in [3.63, 3.8) is 0 Å². The van der Waals surface area contributed by atoms with Crippen molar-refractivity contribution in [3.05, 3.63) is 65.0 Å². The molecule has 0 unspecified atom stereocenters. The summed E-state index contributed by atoms with van der Waals surface area (Å²) in [6, 6.07) is 10.1. The van der Waals surface area contributed by atoms with E-state index in [0.29, 0.717) is 30.3 Å². The summed E-state index contributed by atoms with van der Waals surface area (Å²) in [5.74, 6) is 0.885. The third-order valence-electron chi connectivity index (χ3n) is 4.28. The van der Waals surface area contributed by atoms with Crippen molar-refractivity contribution in [3.8, 4) is 5.82 Å². The van der Waals surface area contributed by atoms with Gasteiger partial charge in [-0.15, -0.1) is 10.2 Å². The van der Waals surface area contributed by atoms with Crippen LogP contribution in [0.3, 0.4) is 0 Å². The first-order valence-corrected chi connectivity index (χ1v) is 9.26. The van der Waals surface area contributed by atoms with Gasteiger partial charge in [-0.1, -0.05) is 12.1 Å². The first-order chi connectivity index (χ1) is 14.2. The smallest absolute Gasteiger partial charge is 0.367 e. The Hall–Kier alpha value is -3.43. The predicted molar refractivity (Wildman–Crippen MR) is 105 cm³/mol. The summed E-state index contributed by atoms with van der Waals surface area (Å²) in [5, 5.41) is 18.3. The number of halogens is 3. The van der Waals surface area contributed by atoms with Crippen molar-refractivity contribution in [1.82, 2.24) is 25.3 Å². The molecule has 0 saturated carbocycles. The van der Waals surface area contributed by atoms with E-state index in [0.717, 1.165) is 23.5 Å². The molecule has 158 valence electrons. The molecule has 0 aliphatic rings. The molecule has 3 rings (SSSR count). The number of anilines is 1. The van der Waals surface area contributed by atoms with E-state index in [-0.39, 0.29) is 12.3 Å². The van der Waals surface area contributed by atoms with Crippen molar-refractivity contribution < 1.29 is 18.0 Å². The molecule has 10 heteroatoms. The number of alkyl halides is 3. The molecule has 0 saturated heterocycles. The van der Waals surface area contributed by atoms with Gasteiger partial charge in [0.05, 0.1) is 17.7 Å². The van der Waals surface area contributed by atoms with Crippen molar-refractivity contribution >= 4 is 11.7 Å². The molecule has 0 aliphatic carbocycles. The molecule has 0 aliphatic heterocycles. The van der Waals surface area contributed by atoms with E-state index >= 15 is 0 Å². The topological polar surface area (TPSA) is 84.7 Å². The molecule has 30 heavy (non-hydrogen) atoms. The molecule has 0 bridgehead atoms. The molecule has 2 N–H and O–H groups in total. The minimum atomic E-state index is -4.39. The third kappa shape index (κ3) is 5.56. The van der Waals surface area contributed by atoms with Gasteiger partial charge in [-0.2, -0.15) is 18.3 Å². The zero-order chi connectivity index (χ0) is 21.7.